The Bertz CT molecular complexity index is 845. The normalized spacial score (nSPS) is 20.2. The Balaban J connectivity index is 1.89. The molecule has 0 bridgehead atoms. The number of nitrogens with one attached hydrogen (secondary N) is 2. The molecule has 0 spiro atoms. The molecule has 2 aromatic heterocycles. The van der Waals surface area contributed by atoms with Crippen LogP contribution in [0.1, 0.15) is 27.7 Å². The third kappa shape index (κ3) is 2.91. The molecule has 140 valence electrons. The van der Waals surface area contributed by atoms with Crippen LogP contribution in [0.5, 0.6) is 0 Å². The van der Waals surface area contributed by atoms with E-state index in [1.54, 1.807) is 0 Å². The summed E-state index contributed by atoms with van der Waals surface area (Å²) in [6.07, 6.45) is 0.965. The fraction of sp³-hybridized carbons (Fsp3) is 0.556. The molecular formula is C18H26N4O3S+2. The van der Waals surface area contributed by atoms with Gasteiger partial charge in [0.1, 0.15) is 24.5 Å². The number of esters is 1. The number of aromatic amines is 1. The molecule has 4 heterocycles. The van der Waals surface area contributed by atoms with Gasteiger partial charge >= 0.3 is 5.97 Å². The lowest BCUT2D eigenvalue weighted by Crippen LogP contribution is -3.08. The van der Waals surface area contributed by atoms with E-state index in [1.165, 1.54) is 27.4 Å². The van der Waals surface area contributed by atoms with Gasteiger partial charge in [-0.25, -0.2) is 9.78 Å². The molecule has 26 heavy (non-hydrogen) atoms. The van der Waals surface area contributed by atoms with E-state index in [2.05, 4.69) is 16.9 Å². The summed E-state index contributed by atoms with van der Waals surface area (Å²) >= 11 is 1.40. The van der Waals surface area contributed by atoms with Gasteiger partial charge in [0.05, 0.1) is 50.1 Å². The summed E-state index contributed by atoms with van der Waals surface area (Å²) in [5.41, 5.74) is 9.58. The first kappa shape index (κ1) is 17.5. The molecule has 4 rings (SSSR count). The quantitative estimate of drug-likeness (QED) is 0.728. The van der Waals surface area contributed by atoms with Gasteiger partial charge in [-0.3, -0.25) is 4.90 Å². The summed E-state index contributed by atoms with van der Waals surface area (Å²) in [4.78, 5) is 21.2. The number of hydrogen-bond donors (Lipinski definition) is 2. The van der Waals surface area contributed by atoms with Crippen molar-refractivity contribution in [3.05, 3.63) is 16.0 Å². The number of nitrogen functional groups attached to an aromatic ring is 1. The van der Waals surface area contributed by atoms with Crippen molar-refractivity contribution in [2.24, 2.45) is 0 Å². The molecule has 0 radical (unpaired) electrons. The Morgan fingerprint density at radius 2 is 2.15 bits per heavy atom. The predicted molar refractivity (Wildman–Crippen MR) is 101 cm³/mol. The van der Waals surface area contributed by atoms with Crippen molar-refractivity contribution in [3.63, 3.8) is 0 Å². The molecule has 0 saturated carbocycles. The summed E-state index contributed by atoms with van der Waals surface area (Å²) in [5, 5.41) is 1.01. The van der Waals surface area contributed by atoms with Crippen molar-refractivity contribution >= 4 is 39.0 Å². The number of anilines is 2. The minimum atomic E-state index is -0.333. The molecule has 7 nitrogen and oxygen atoms in total. The first-order valence-corrected chi connectivity index (χ1v) is 10.0. The molecule has 0 aliphatic carbocycles. The Morgan fingerprint density at radius 1 is 1.38 bits per heavy atom. The van der Waals surface area contributed by atoms with Crippen LogP contribution >= 0.6 is 11.3 Å². The van der Waals surface area contributed by atoms with Crippen LogP contribution in [0.2, 0.25) is 0 Å². The Hall–Kier alpha value is -1.90. The number of quaternary nitrogens is 1. The number of nitrogens with two attached hydrogens (primary N) is 1. The molecule has 8 heteroatoms. The Morgan fingerprint density at radius 3 is 2.88 bits per heavy atom. The van der Waals surface area contributed by atoms with Crippen LogP contribution in [0, 0.1) is 0 Å². The lowest BCUT2D eigenvalue weighted by atomic mass is 9.96. The van der Waals surface area contributed by atoms with Crippen molar-refractivity contribution in [2.75, 3.05) is 57.1 Å². The van der Waals surface area contributed by atoms with Crippen LogP contribution in [0.15, 0.2) is 0 Å². The van der Waals surface area contributed by atoms with E-state index in [4.69, 9.17) is 15.2 Å². The van der Waals surface area contributed by atoms with Crippen LogP contribution < -0.4 is 20.5 Å². The second-order valence-corrected chi connectivity index (χ2v) is 7.95. The average molecular weight is 378 g/mol. The van der Waals surface area contributed by atoms with Crippen molar-refractivity contribution in [3.8, 4) is 0 Å². The molecule has 1 saturated heterocycles. The first-order chi connectivity index (χ1) is 12.6. The highest BCUT2D eigenvalue weighted by atomic mass is 32.1. The number of thiophene rings is 1. The molecule has 0 amide bonds. The maximum absolute atomic E-state index is 12.3. The Kier molecular flexibility index (Phi) is 4.73. The summed E-state index contributed by atoms with van der Waals surface area (Å²) in [6.45, 7) is 7.41. The van der Waals surface area contributed by atoms with Crippen LogP contribution in [-0.4, -0.2) is 52.5 Å². The number of rotatable bonds is 3. The standard InChI is InChI=1S/C18H24N4O3S/c1-3-25-18(23)15-14(19)13-11-4-5-21(2)10-12(11)16(20-17(13)26-15)22-6-8-24-9-7-22/h3-10,19H2,1-2H3/p+2. The van der Waals surface area contributed by atoms with Crippen LogP contribution in [-0.2, 0) is 22.4 Å². The number of pyridine rings is 1. The summed E-state index contributed by atoms with van der Waals surface area (Å²) < 4.78 is 10.7. The van der Waals surface area contributed by atoms with E-state index in [-0.39, 0.29) is 5.97 Å². The molecule has 1 unspecified atom stereocenters. The zero-order valence-electron chi connectivity index (χ0n) is 15.3. The number of ether oxygens (including phenoxy) is 2. The SMILES string of the molecule is CCOC(=O)c1sc2[nH+]c(N3CCOCC3)c3c(c2c1N)CC[NH+](C)C3. The summed E-state index contributed by atoms with van der Waals surface area (Å²) in [5.74, 6) is 0.825. The van der Waals surface area contributed by atoms with Gasteiger partial charge in [0.25, 0.3) is 5.82 Å². The van der Waals surface area contributed by atoms with E-state index in [1.807, 2.05) is 6.92 Å². The van der Waals surface area contributed by atoms with Gasteiger partial charge in [-0.05, 0) is 12.5 Å². The third-order valence-electron chi connectivity index (χ3n) is 5.20. The number of carbonyl (C=O) groups is 1. The first-order valence-electron chi connectivity index (χ1n) is 9.20. The number of likely N-dealkylation sites (N-methyl/N-ethyl adjacent to an activating group) is 1. The minimum absolute atomic E-state index is 0.333. The maximum Gasteiger partial charge on any atom is 0.350 e. The molecule has 2 aromatic rings. The highest BCUT2D eigenvalue weighted by molar-refractivity contribution is 7.20. The molecule has 2 aliphatic heterocycles. The monoisotopic (exact) mass is 378 g/mol. The van der Waals surface area contributed by atoms with E-state index >= 15 is 0 Å². The van der Waals surface area contributed by atoms with Gasteiger partial charge in [-0.15, -0.1) is 0 Å². The second-order valence-electron chi connectivity index (χ2n) is 6.93. The highest BCUT2D eigenvalue weighted by Gasteiger charge is 2.34. The van der Waals surface area contributed by atoms with Crippen molar-refractivity contribution in [2.45, 2.75) is 19.9 Å². The van der Waals surface area contributed by atoms with Crippen LogP contribution in [0.3, 0.4) is 0 Å². The zero-order valence-corrected chi connectivity index (χ0v) is 16.1. The summed E-state index contributed by atoms with van der Waals surface area (Å²) in [6, 6.07) is 0. The van der Waals surface area contributed by atoms with Gasteiger partial charge in [0, 0.05) is 6.42 Å². The highest BCUT2D eigenvalue weighted by Crippen LogP contribution is 2.38. The van der Waals surface area contributed by atoms with Crippen molar-refractivity contribution < 1.29 is 24.2 Å². The van der Waals surface area contributed by atoms with E-state index in [0.29, 0.717) is 17.2 Å². The lowest BCUT2D eigenvalue weighted by molar-refractivity contribution is -0.895. The molecule has 4 N–H and O–H groups in total. The number of hydrogen-bond acceptors (Lipinski definition) is 6. The van der Waals surface area contributed by atoms with Crippen molar-refractivity contribution in [1.29, 1.82) is 0 Å². The largest absolute Gasteiger partial charge is 0.462 e. The van der Waals surface area contributed by atoms with Gasteiger partial charge in [0.15, 0.2) is 4.83 Å². The maximum atomic E-state index is 12.3. The average Bonchev–Trinajstić information content (AvgIpc) is 2.98. The number of aromatic nitrogens is 1. The van der Waals surface area contributed by atoms with Gasteiger partial charge in [-0.1, -0.05) is 11.3 Å². The molecule has 1 fully saturated rings. The topological polar surface area (TPSA) is 83.4 Å². The molecular weight excluding hydrogens is 352 g/mol. The van der Waals surface area contributed by atoms with E-state index in [9.17, 15) is 4.79 Å². The molecule has 2 aliphatic rings. The second kappa shape index (κ2) is 7.02. The van der Waals surface area contributed by atoms with Gasteiger partial charge < -0.3 is 20.1 Å². The fourth-order valence-electron chi connectivity index (χ4n) is 3.91. The minimum Gasteiger partial charge on any atom is -0.462 e. The van der Waals surface area contributed by atoms with E-state index in [0.717, 1.165) is 61.8 Å². The fourth-order valence-corrected chi connectivity index (χ4v) is 4.95. The van der Waals surface area contributed by atoms with E-state index < -0.39 is 0 Å². The predicted octanol–water partition coefficient (Wildman–Crippen LogP) is -0.118. The van der Waals surface area contributed by atoms with Crippen LogP contribution in [0.4, 0.5) is 11.5 Å². The third-order valence-corrected chi connectivity index (χ3v) is 6.30. The number of morpholine rings is 1. The summed E-state index contributed by atoms with van der Waals surface area (Å²) in [7, 11) is 2.22. The van der Waals surface area contributed by atoms with Crippen molar-refractivity contribution in [1.82, 2.24) is 0 Å². The number of nitrogens with zero attached hydrogens (tertiary/aromatic N) is 1. The lowest BCUT2D eigenvalue weighted by Gasteiger charge is -2.27. The molecule has 1 atom stereocenters. The Labute approximate surface area is 156 Å². The zero-order chi connectivity index (χ0) is 18.3. The number of H-pyrrole nitrogens is 1. The number of carbonyl (C=O) groups excluding carboxylic acids is 1. The van der Waals surface area contributed by atoms with Gasteiger partial charge in [0.2, 0.25) is 0 Å². The molecule has 0 aromatic carbocycles. The van der Waals surface area contributed by atoms with Gasteiger partial charge in [-0.2, -0.15) is 0 Å². The van der Waals surface area contributed by atoms with Crippen LogP contribution in [0.25, 0.3) is 10.2 Å². The smallest absolute Gasteiger partial charge is 0.350 e. The number of fused-ring (bicyclic) bond motifs is 3.